The number of carbonyl (C=O) groups excluding carboxylic acids is 1. The lowest BCUT2D eigenvalue weighted by Crippen LogP contribution is -2.48. The maximum Gasteiger partial charge on any atom is 0.230 e. The second-order valence-corrected chi connectivity index (χ2v) is 5.37. The Kier molecular flexibility index (Phi) is 3.53. The van der Waals surface area contributed by atoms with E-state index >= 15 is 0 Å². The lowest BCUT2D eigenvalue weighted by Gasteiger charge is -2.26. The minimum absolute atomic E-state index is 0.0377. The number of amides is 1. The van der Waals surface area contributed by atoms with Crippen LogP contribution in [-0.2, 0) is 11.2 Å². The van der Waals surface area contributed by atoms with E-state index in [2.05, 4.69) is 10.6 Å². The molecular formula is C15H20N2O3. The number of rotatable bonds is 4. The molecule has 2 aliphatic heterocycles. The summed E-state index contributed by atoms with van der Waals surface area (Å²) in [5.41, 5.74) is 1.85. The Morgan fingerprint density at radius 3 is 2.95 bits per heavy atom. The molecule has 1 atom stereocenters. The Morgan fingerprint density at radius 2 is 2.30 bits per heavy atom. The van der Waals surface area contributed by atoms with Gasteiger partial charge >= 0.3 is 0 Å². The molecule has 0 aromatic heterocycles. The number of ether oxygens (including phenoxy) is 2. The summed E-state index contributed by atoms with van der Waals surface area (Å²) in [5, 5.41) is 6.06. The number of fused-ring (bicyclic) bond motifs is 1. The van der Waals surface area contributed by atoms with Crippen molar-refractivity contribution in [3.63, 3.8) is 0 Å². The molecule has 5 heteroatoms. The van der Waals surface area contributed by atoms with Crippen molar-refractivity contribution in [1.82, 2.24) is 5.32 Å². The SMILES string of the molecule is CCOc1cc2c(cc1NC(=O)C1CNC1)OC(C)C2. The minimum atomic E-state index is 0.0377. The van der Waals surface area contributed by atoms with Crippen LogP contribution in [-0.4, -0.2) is 31.7 Å². The zero-order valence-electron chi connectivity index (χ0n) is 11.9. The first-order valence-electron chi connectivity index (χ1n) is 7.15. The highest BCUT2D eigenvalue weighted by atomic mass is 16.5. The van der Waals surface area contributed by atoms with E-state index in [4.69, 9.17) is 9.47 Å². The van der Waals surface area contributed by atoms with Crippen molar-refractivity contribution >= 4 is 11.6 Å². The summed E-state index contributed by atoms with van der Waals surface area (Å²) in [6, 6.07) is 3.87. The molecule has 2 heterocycles. The molecule has 20 heavy (non-hydrogen) atoms. The van der Waals surface area contributed by atoms with Gasteiger partial charge in [0, 0.05) is 31.1 Å². The van der Waals surface area contributed by atoms with E-state index in [1.165, 1.54) is 0 Å². The monoisotopic (exact) mass is 276 g/mol. The van der Waals surface area contributed by atoms with Crippen molar-refractivity contribution in [2.75, 3.05) is 25.0 Å². The van der Waals surface area contributed by atoms with E-state index in [1.807, 2.05) is 26.0 Å². The van der Waals surface area contributed by atoms with Gasteiger partial charge in [0.15, 0.2) is 0 Å². The normalized spacial score (nSPS) is 20.8. The van der Waals surface area contributed by atoms with Gasteiger partial charge in [-0.1, -0.05) is 0 Å². The van der Waals surface area contributed by atoms with Gasteiger partial charge in [-0.05, 0) is 19.9 Å². The third-order valence-corrected chi connectivity index (χ3v) is 3.71. The second kappa shape index (κ2) is 5.32. The van der Waals surface area contributed by atoms with E-state index in [0.29, 0.717) is 12.3 Å². The number of benzene rings is 1. The van der Waals surface area contributed by atoms with E-state index < -0.39 is 0 Å². The van der Waals surface area contributed by atoms with Crippen LogP contribution in [0.5, 0.6) is 11.5 Å². The van der Waals surface area contributed by atoms with E-state index in [0.717, 1.165) is 36.6 Å². The molecule has 0 saturated carbocycles. The second-order valence-electron chi connectivity index (χ2n) is 5.37. The molecule has 108 valence electrons. The third kappa shape index (κ3) is 2.45. The number of hydrogen-bond donors (Lipinski definition) is 2. The van der Waals surface area contributed by atoms with Crippen LogP contribution in [0.1, 0.15) is 19.4 Å². The van der Waals surface area contributed by atoms with Crippen LogP contribution >= 0.6 is 0 Å². The highest BCUT2D eigenvalue weighted by Crippen LogP contribution is 2.38. The first-order valence-corrected chi connectivity index (χ1v) is 7.15. The first kappa shape index (κ1) is 13.2. The molecule has 0 spiro atoms. The average molecular weight is 276 g/mol. The molecular weight excluding hydrogens is 256 g/mol. The molecule has 1 saturated heterocycles. The van der Waals surface area contributed by atoms with Crippen molar-refractivity contribution in [3.05, 3.63) is 17.7 Å². The maximum absolute atomic E-state index is 12.1. The highest BCUT2D eigenvalue weighted by Gasteiger charge is 2.27. The minimum Gasteiger partial charge on any atom is -0.492 e. The molecule has 1 aromatic carbocycles. The molecule has 2 aliphatic rings. The van der Waals surface area contributed by atoms with E-state index in [-0.39, 0.29) is 17.9 Å². The van der Waals surface area contributed by atoms with Gasteiger partial charge in [-0.25, -0.2) is 0 Å². The van der Waals surface area contributed by atoms with Gasteiger partial charge in [0.2, 0.25) is 5.91 Å². The molecule has 1 fully saturated rings. The van der Waals surface area contributed by atoms with Crippen LogP contribution in [0, 0.1) is 5.92 Å². The fourth-order valence-corrected chi connectivity index (χ4v) is 2.52. The van der Waals surface area contributed by atoms with Crippen LogP contribution in [0.2, 0.25) is 0 Å². The fourth-order valence-electron chi connectivity index (χ4n) is 2.52. The molecule has 0 radical (unpaired) electrons. The van der Waals surface area contributed by atoms with Crippen LogP contribution in [0.4, 0.5) is 5.69 Å². The van der Waals surface area contributed by atoms with E-state index in [1.54, 1.807) is 0 Å². The fraction of sp³-hybridized carbons (Fsp3) is 0.533. The Morgan fingerprint density at radius 1 is 1.50 bits per heavy atom. The summed E-state index contributed by atoms with van der Waals surface area (Å²) in [7, 11) is 0. The Hall–Kier alpha value is -1.75. The number of anilines is 1. The lowest BCUT2D eigenvalue weighted by molar-refractivity contribution is -0.121. The summed E-state index contributed by atoms with van der Waals surface area (Å²) in [6.07, 6.45) is 1.07. The summed E-state index contributed by atoms with van der Waals surface area (Å²) < 4.78 is 11.4. The van der Waals surface area contributed by atoms with Crippen LogP contribution in [0.3, 0.4) is 0 Å². The molecule has 0 bridgehead atoms. The third-order valence-electron chi connectivity index (χ3n) is 3.71. The van der Waals surface area contributed by atoms with Crippen molar-refractivity contribution in [3.8, 4) is 11.5 Å². The Labute approximate surface area is 118 Å². The molecule has 3 rings (SSSR count). The van der Waals surface area contributed by atoms with Crippen molar-refractivity contribution in [2.24, 2.45) is 5.92 Å². The first-order chi connectivity index (χ1) is 9.67. The van der Waals surface area contributed by atoms with Crippen LogP contribution < -0.4 is 20.1 Å². The summed E-state index contributed by atoms with van der Waals surface area (Å²) in [6.45, 7) is 6.04. The average Bonchev–Trinajstić information content (AvgIpc) is 2.66. The molecule has 1 amide bonds. The predicted octanol–water partition coefficient (Wildman–Crippen LogP) is 1.57. The molecule has 1 aromatic rings. The highest BCUT2D eigenvalue weighted by molar-refractivity contribution is 5.95. The smallest absolute Gasteiger partial charge is 0.230 e. The predicted molar refractivity (Wildman–Crippen MR) is 76.4 cm³/mol. The Balaban J connectivity index is 1.84. The van der Waals surface area contributed by atoms with Crippen LogP contribution in [0.25, 0.3) is 0 Å². The summed E-state index contributed by atoms with van der Waals surface area (Å²) >= 11 is 0. The van der Waals surface area contributed by atoms with Gasteiger partial charge in [0.1, 0.15) is 17.6 Å². The molecule has 0 aliphatic carbocycles. The zero-order valence-corrected chi connectivity index (χ0v) is 11.9. The summed E-state index contributed by atoms with van der Waals surface area (Å²) in [4.78, 5) is 12.1. The maximum atomic E-state index is 12.1. The molecule has 5 nitrogen and oxygen atoms in total. The van der Waals surface area contributed by atoms with Crippen LogP contribution in [0.15, 0.2) is 12.1 Å². The molecule has 1 unspecified atom stereocenters. The van der Waals surface area contributed by atoms with Gasteiger partial charge in [-0.15, -0.1) is 0 Å². The Bertz CT molecular complexity index is 526. The quantitative estimate of drug-likeness (QED) is 0.876. The summed E-state index contributed by atoms with van der Waals surface area (Å²) in [5.74, 6) is 1.67. The van der Waals surface area contributed by atoms with E-state index in [9.17, 15) is 4.79 Å². The standard InChI is InChI=1S/C15H20N2O3/c1-3-19-14-5-10-4-9(2)20-13(10)6-12(14)17-15(18)11-7-16-8-11/h5-6,9,11,16H,3-4,7-8H2,1-2H3,(H,17,18). The lowest BCUT2D eigenvalue weighted by atomic mass is 10.0. The van der Waals surface area contributed by atoms with Crippen molar-refractivity contribution in [1.29, 1.82) is 0 Å². The van der Waals surface area contributed by atoms with Gasteiger partial charge in [-0.3, -0.25) is 4.79 Å². The number of carbonyl (C=O) groups is 1. The number of nitrogens with one attached hydrogen (secondary N) is 2. The van der Waals surface area contributed by atoms with Gasteiger partial charge in [-0.2, -0.15) is 0 Å². The van der Waals surface area contributed by atoms with Crippen molar-refractivity contribution < 1.29 is 14.3 Å². The topological polar surface area (TPSA) is 59.6 Å². The largest absolute Gasteiger partial charge is 0.492 e. The zero-order chi connectivity index (χ0) is 14.1. The van der Waals surface area contributed by atoms with Crippen molar-refractivity contribution in [2.45, 2.75) is 26.4 Å². The van der Waals surface area contributed by atoms with Gasteiger partial charge in [0.05, 0.1) is 18.2 Å². The van der Waals surface area contributed by atoms with Gasteiger partial charge in [0.25, 0.3) is 0 Å². The number of hydrogen-bond acceptors (Lipinski definition) is 4. The van der Waals surface area contributed by atoms with Gasteiger partial charge < -0.3 is 20.1 Å². The molecule has 2 N–H and O–H groups in total.